The molecule has 4 fully saturated rings. The molecule has 314 valence electrons. The Hall–Kier alpha value is -4.04. The first-order valence-corrected chi connectivity index (χ1v) is 19.5. The number of rotatable bonds is 6. The zero-order chi connectivity index (χ0) is 41.7. The minimum absolute atomic E-state index is 0.0106. The van der Waals surface area contributed by atoms with Crippen molar-refractivity contribution in [2.75, 3.05) is 21.2 Å². The number of likely N-dealkylation sites (N-methyl/N-ethyl adjacent to an activating group) is 1. The van der Waals surface area contributed by atoms with Crippen LogP contribution in [0.1, 0.15) is 108 Å². The lowest BCUT2D eigenvalue weighted by Crippen LogP contribution is -2.62. The van der Waals surface area contributed by atoms with Gasteiger partial charge in [-0.3, -0.25) is 19.2 Å². The Morgan fingerprint density at radius 3 is 2.17 bits per heavy atom. The number of carbonyl (C=O) groups excluding carboxylic acids is 4. The normalized spacial score (nSPS) is 38.3. The van der Waals surface area contributed by atoms with Gasteiger partial charge in [0.1, 0.15) is 47.6 Å². The number of ether oxygens (including phenoxy) is 8. The lowest BCUT2D eigenvalue weighted by molar-refractivity contribution is -0.371. The van der Waals surface area contributed by atoms with E-state index in [-0.39, 0.29) is 47.8 Å². The molecule has 0 aromatic heterocycles. The molecule has 0 amide bonds. The number of aliphatic hydroxyl groups is 1. The highest BCUT2D eigenvalue weighted by atomic mass is 16.8. The Bertz CT molecular complexity index is 2030. The molecule has 4 N–H and O–H groups in total. The van der Waals surface area contributed by atoms with Crippen LogP contribution in [0.25, 0.3) is 0 Å². The number of Topliss-reactive ketones (excluding diaryl/α,β-unsaturated/α-hetero) is 1. The molecular formula is C41H49NO16. The first-order chi connectivity index (χ1) is 27.4. The third-order valence-corrected chi connectivity index (χ3v) is 12.4. The zero-order valence-electron chi connectivity index (χ0n) is 33.2. The number of hydrogen-bond donors (Lipinski definition) is 4. The molecule has 2 aliphatic carbocycles. The molecule has 0 radical (unpaired) electrons. The van der Waals surface area contributed by atoms with Crippen LogP contribution in [0.15, 0.2) is 18.2 Å². The van der Waals surface area contributed by atoms with Gasteiger partial charge >= 0.3 is 5.97 Å². The van der Waals surface area contributed by atoms with Crippen LogP contribution in [0, 0.1) is 0 Å². The van der Waals surface area contributed by atoms with Gasteiger partial charge in [0.25, 0.3) is 0 Å². The Morgan fingerprint density at radius 2 is 1.50 bits per heavy atom. The predicted molar refractivity (Wildman–Crippen MR) is 196 cm³/mol. The SMILES string of the molecule is COC(=O)C1c2cc3c(c(O)c2C(OC2CC(N(C)C)C(OC4CC5OC6CC(=O)C(C)OC6OC5C(C)O4)C(C)O2)CC1(C)O)C(=O)c1c(O)ccc(O)c1C3=O. The largest absolute Gasteiger partial charge is 0.507 e. The summed E-state index contributed by atoms with van der Waals surface area (Å²) in [6.07, 6.45) is -6.55. The highest BCUT2D eigenvalue weighted by Gasteiger charge is 2.54. The van der Waals surface area contributed by atoms with Gasteiger partial charge in [-0.15, -0.1) is 0 Å². The second kappa shape index (κ2) is 14.9. The van der Waals surface area contributed by atoms with Gasteiger partial charge in [0.05, 0.1) is 53.8 Å². The lowest BCUT2D eigenvalue weighted by Gasteiger charge is -2.51. The van der Waals surface area contributed by atoms with E-state index in [1.807, 2.05) is 32.8 Å². The topological polar surface area (TPSA) is 226 Å². The molecule has 6 aliphatic rings. The minimum atomic E-state index is -1.84. The van der Waals surface area contributed by atoms with Crippen LogP contribution >= 0.6 is 0 Å². The average Bonchev–Trinajstić information content (AvgIpc) is 3.14. The molecule has 0 spiro atoms. The number of phenolic OH excluding ortho intramolecular Hbond substituents is 3. The van der Waals surface area contributed by atoms with Crippen LogP contribution in [0.2, 0.25) is 0 Å². The number of methoxy groups -OCH3 is 1. The van der Waals surface area contributed by atoms with E-state index in [2.05, 4.69) is 0 Å². The second-order valence-electron chi connectivity index (χ2n) is 16.6. The number of nitrogens with zero attached hydrogens (tertiary/aromatic N) is 1. The molecule has 14 unspecified atom stereocenters. The van der Waals surface area contributed by atoms with E-state index in [1.54, 1.807) is 6.92 Å². The standard InChI is InChI=1S/C41H49NO16/c1-15-23(45)12-25-40(54-15)58-38-17(3)53-28(13-24(38)55-25)57-37-16(2)52-27(11-20(37)42(5)6)56-26-14-41(4,50)33(39(49)51-7)18-10-19-30(35(47)29(18)26)36(48)32-22(44)9-8-21(43)31(32)34(19)46/h8-10,15-17,20,24-28,33,37-38,40,43-44,47,50H,11-14H2,1-7H3. The maximum absolute atomic E-state index is 13.9. The highest BCUT2D eigenvalue weighted by Crippen LogP contribution is 2.53. The Balaban J connectivity index is 1.06. The number of aromatic hydroxyl groups is 3. The van der Waals surface area contributed by atoms with Crippen molar-refractivity contribution < 1.29 is 77.5 Å². The third-order valence-electron chi connectivity index (χ3n) is 12.4. The van der Waals surface area contributed by atoms with Gasteiger partial charge in [0, 0.05) is 42.9 Å². The third kappa shape index (κ3) is 6.70. The summed E-state index contributed by atoms with van der Waals surface area (Å²) in [6.45, 7) is 6.79. The molecule has 4 saturated heterocycles. The predicted octanol–water partition coefficient (Wildman–Crippen LogP) is 2.49. The molecule has 4 heterocycles. The van der Waals surface area contributed by atoms with Crippen molar-refractivity contribution in [1.29, 1.82) is 0 Å². The summed E-state index contributed by atoms with van der Waals surface area (Å²) in [7, 11) is 4.89. The van der Waals surface area contributed by atoms with Crippen LogP contribution in [0.5, 0.6) is 17.2 Å². The van der Waals surface area contributed by atoms with Crippen molar-refractivity contribution in [1.82, 2.24) is 4.90 Å². The summed E-state index contributed by atoms with van der Waals surface area (Å²) in [5.41, 5.74) is -3.60. The molecule has 0 saturated carbocycles. The van der Waals surface area contributed by atoms with Gasteiger partial charge < -0.3 is 63.2 Å². The fourth-order valence-electron chi connectivity index (χ4n) is 9.56. The monoisotopic (exact) mass is 811 g/mol. The number of esters is 1. The fraction of sp³-hybridized carbons (Fsp3) is 0.610. The molecule has 8 rings (SSSR count). The summed E-state index contributed by atoms with van der Waals surface area (Å²) in [6, 6.07) is 3.05. The van der Waals surface area contributed by atoms with E-state index in [9.17, 15) is 39.6 Å². The molecule has 58 heavy (non-hydrogen) atoms. The molecule has 0 bridgehead atoms. The van der Waals surface area contributed by atoms with Crippen LogP contribution in [-0.2, 0) is 47.5 Å². The van der Waals surface area contributed by atoms with E-state index in [0.29, 0.717) is 6.42 Å². The van der Waals surface area contributed by atoms with Gasteiger partial charge in [0.15, 0.2) is 30.4 Å². The molecule has 4 aliphatic heterocycles. The lowest BCUT2D eigenvalue weighted by atomic mass is 9.68. The number of fused-ring (bicyclic) bond motifs is 5. The van der Waals surface area contributed by atoms with Gasteiger partial charge in [-0.1, -0.05) is 0 Å². The summed E-state index contributed by atoms with van der Waals surface area (Å²) in [5, 5.41) is 44.9. The van der Waals surface area contributed by atoms with Crippen molar-refractivity contribution in [2.24, 2.45) is 0 Å². The van der Waals surface area contributed by atoms with Crippen molar-refractivity contribution in [2.45, 2.75) is 139 Å². The number of hydrogen-bond acceptors (Lipinski definition) is 17. The Labute approximate surface area is 334 Å². The summed E-state index contributed by atoms with van der Waals surface area (Å²) >= 11 is 0. The second-order valence-corrected chi connectivity index (χ2v) is 16.6. The van der Waals surface area contributed by atoms with Gasteiger partial charge in [-0.05, 0) is 65.6 Å². The quantitative estimate of drug-likeness (QED) is 0.207. The summed E-state index contributed by atoms with van der Waals surface area (Å²) in [5.74, 6) is -5.94. The maximum atomic E-state index is 13.9. The van der Waals surface area contributed by atoms with E-state index in [1.165, 1.54) is 13.0 Å². The Morgan fingerprint density at radius 1 is 0.845 bits per heavy atom. The molecule has 2 aromatic rings. The first kappa shape index (κ1) is 40.7. The highest BCUT2D eigenvalue weighted by molar-refractivity contribution is 6.31. The van der Waals surface area contributed by atoms with Crippen LogP contribution in [0.4, 0.5) is 0 Å². The minimum Gasteiger partial charge on any atom is -0.507 e. The molecule has 17 heteroatoms. The van der Waals surface area contributed by atoms with Crippen molar-refractivity contribution in [3.05, 3.63) is 51.6 Å². The summed E-state index contributed by atoms with van der Waals surface area (Å²) in [4.78, 5) is 55.4. The van der Waals surface area contributed by atoms with E-state index >= 15 is 0 Å². The Kier molecular flexibility index (Phi) is 10.5. The van der Waals surface area contributed by atoms with Gasteiger partial charge in [0.2, 0.25) is 5.78 Å². The van der Waals surface area contributed by atoms with E-state index in [0.717, 1.165) is 19.2 Å². The number of phenols is 3. The zero-order valence-corrected chi connectivity index (χ0v) is 33.2. The van der Waals surface area contributed by atoms with E-state index < -0.39 is 131 Å². The molecule has 17 nitrogen and oxygen atoms in total. The number of benzene rings is 2. The van der Waals surface area contributed by atoms with Crippen LogP contribution in [0.3, 0.4) is 0 Å². The van der Waals surface area contributed by atoms with E-state index in [4.69, 9.17) is 37.9 Å². The fourth-order valence-corrected chi connectivity index (χ4v) is 9.56. The van der Waals surface area contributed by atoms with Gasteiger partial charge in [-0.25, -0.2) is 0 Å². The van der Waals surface area contributed by atoms with Crippen molar-refractivity contribution in [3.8, 4) is 17.2 Å². The smallest absolute Gasteiger partial charge is 0.316 e. The molecule has 14 atom stereocenters. The molecule has 2 aromatic carbocycles. The summed E-state index contributed by atoms with van der Waals surface area (Å²) < 4.78 is 49.3. The first-order valence-electron chi connectivity index (χ1n) is 19.5. The maximum Gasteiger partial charge on any atom is 0.316 e. The number of carbonyl (C=O) groups is 4. The molecular weight excluding hydrogens is 762 g/mol. The number of ketones is 3. The van der Waals surface area contributed by atoms with Crippen LogP contribution < -0.4 is 0 Å². The van der Waals surface area contributed by atoms with Crippen molar-refractivity contribution >= 4 is 23.3 Å². The van der Waals surface area contributed by atoms with Crippen LogP contribution in [-0.4, -0.2) is 143 Å². The van der Waals surface area contributed by atoms with Gasteiger partial charge in [-0.2, -0.15) is 0 Å². The average molecular weight is 812 g/mol. The van der Waals surface area contributed by atoms with Crippen molar-refractivity contribution in [3.63, 3.8) is 0 Å².